The number of thiazole rings is 1. The highest BCUT2D eigenvalue weighted by atomic mass is 32.1. The molecule has 12 nitrogen and oxygen atoms in total. The number of hydrogen-bond donors (Lipinski definition) is 3. The van der Waals surface area contributed by atoms with Gasteiger partial charge in [-0.2, -0.15) is 13.2 Å². The third-order valence-electron chi connectivity index (χ3n) is 7.38. The summed E-state index contributed by atoms with van der Waals surface area (Å²) in [6.45, 7) is 7.97. The lowest BCUT2D eigenvalue weighted by molar-refractivity contribution is -0.137. The number of nitrogens with zero attached hydrogens (tertiary/aromatic N) is 6. The summed E-state index contributed by atoms with van der Waals surface area (Å²) in [5.41, 5.74) is 0.960. The maximum Gasteiger partial charge on any atom is 0.416 e. The fraction of sp³-hybridized carbons (Fsp3) is 0.250. The van der Waals surface area contributed by atoms with Crippen molar-refractivity contribution in [2.75, 3.05) is 47.2 Å². The summed E-state index contributed by atoms with van der Waals surface area (Å²) in [4.78, 5) is 46.2. The predicted molar refractivity (Wildman–Crippen MR) is 176 cm³/mol. The largest absolute Gasteiger partial charge is 0.416 e. The number of carbonyl (C=O) groups excluding carboxylic acids is 2. The summed E-state index contributed by atoms with van der Waals surface area (Å²) in [5, 5.41) is 9.07. The van der Waals surface area contributed by atoms with Crippen molar-refractivity contribution in [3.8, 4) is 5.69 Å². The van der Waals surface area contributed by atoms with Crippen molar-refractivity contribution in [1.29, 1.82) is 0 Å². The molecule has 5 aromatic rings. The van der Waals surface area contributed by atoms with E-state index in [2.05, 4.69) is 40.8 Å². The Hall–Kier alpha value is -5.35. The Balaban J connectivity index is 1.15. The molecule has 0 saturated carbocycles. The molecule has 1 fully saturated rings. The minimum Gasteiger partial charge on any atom is -0.378 e. The van der Waals surface area contributed by atoms with E-state index in [1.54, 1.807) is 39.1 Å². The standard InChI is InChI=1S/C32H30F3N9O3S/c1-18-4-5-23(40-29(45)21-10-22(32(33,34)35)12-24(11-21)44-16-19(2)37-17-44)13-25(18)41-30(46)26-15-36-31(48-26)42-27-14-28(39-20(3)38-27)43-6-8-47-9-7-43/h4-5,10-17H,6-9H2,1-3H3,(H,40,45)(H,41,46)(H,36,38,39,42). The number of amides is 2. The summed E-state index contributed by atoms with van der Waals surface area (Å²) in [7, 11) is 0. The smallest absolute Gasteiger partial charge is 0.378 e. The first-order valence-corrected chi connectivity index (χ1v) is 15.6. The van der Waals surface area contributed by atoms with Gasteiger partial charge in [0.15, 0.2) is 5.13 Å². The van der Waals surface area contributed by atoms with Crippen LogP contribution < -0.4 is 20.9 Å². The van der Waals surface area contributed by atoms with Crippen LogP contribution in [0.15, 0.2) is 61.2 Å². The van der Waals surface area contributed by atoms with Crippen LogP contribution in [0.1, 0.15) is 42.7 Å². The molecule has 3 N–H and O–H groups in total. The van der Waals surface area contributed by atoms with E-state index in [0.717, 1.165) is 42.4 Å². The monoisotopic (exact) mass is 677 g/mol. The molecule has 248 valence electrons. The molecule has 0 spiro atoms. The van der Waals surface area contributed by atoms with Crippen LogP contribution in [0.5, 0.6) is 0 Å². The van der Waals surface area contributed by atoms with Crippen LogP contribution in [0.3, 0.4) is 0 Å². The molecule has 2 aromatic carbocycles. The van der Waals surface area contributed by atoms with Gasteiger partial charge < -0.3 is 30.2 Å². The molecular weight excluding hydrogens is 647 g/mol. The highest BCUT2D eigenvalue weighted by Crippen LogP contribution is 2.32. The lowest BCUT2D eigenvalue weighted by atomic mass is 10.1. The van der Waals surface area contributed by atoms with E-state index in [0.29, 0.717) is 51.8 Å². The third kappa shape index (κ3) is 7.61. The van der Waals surface area contributed by atoms with Crippen molar-refractivity contribution < 1.29 is 27.5 Å². The zero-order valence-electron chi connectivity index (χ0n) is 26.1. The summed E-state index contributed by atoms with van der Waals surface area (Å²) in [6.07, 6.45) is -0.294. The molecule has 3 aromatic heterocycles. The van der Waals surface area contributed by atoms with Crippen molar-refractivity contribution in [2.45, 2.75) is 26.9 Å². The Kier molecular flexibility index (Phi) is 9.10. The quantitative estimate of drug-likeness (QED) is 0.177. The molecule has 48 heavy (non-hydrogen) atoms. The molecule has 4 heterocycles. The van der Waals surface area contributed by atoms with Crippen molar-refractivity contribution in [3.05, 3.63) is 94.3 Å². The fourth-order valence-electron chi connectivity index (χ4n) is 4.96. The maximum atomic E-state index is 13.7. The van der Waals surface area contributed by atoms with Crippen molar-refractivity contribution in [2.24, 2.45) is 0 Å². The van der Waals surface area contributed by atoms with E-state index >= 15 is 0 Å². The summed E-state index contributed by atoms with van der Waals surface area (Å²) < 4.78 is 48.0. The molecule has 1 aliphatic heterocycles. The first kappa shape index (κ1) is 32.6. The minimum absolute atomic E-state index is 0.137. The van der Waals surface area contributed by atoms with Gasteiger partial charge in [0.05, 0.1) is 37.0 Å². The summed E-state index contributed by atoms with van der Waals surface area (Å²) in [6, 6.07) is 9.73. The number of alkyl halides is 3. The van der Waals surface area contributed by atoms with E-state index in [9.17, 15) is 22.8 Å². The van der Waals surface area contributed by atoms with Gasteiger partial charge in [0.2, 0.25) is 0 Å². The average Bonchev–Trinajstić information content (AvgIpc) is 3.71. The molecule has 0 unspecified atom stereocenters. The first-order valence-electron chi connectivity index (χ1n) is 14.8. The Labute approximate surface area is 277 Å². The van der Waals surface area contributed by atoms with Crippen LogP contribution in [0, 0.1) is 20.8 Å². The lowest BCUT2D eigenvalue weighted by Crippen LogP contribution is -2.36. The Morgan fingerprint density at radius 1 is 0.938 bits per heavy atom. The number of morpholine rings is 1. The van der Waals surface area contributed by atoms with Crippen LogP contribution >= 0.6 is 11.3 Å². The number of ether oxygens (including phenoxy) is 1. The maximum absolute atomic E-state index is 13.7. The van der Waals surface area contributed by atoms with Gasteiger partial charge in [-0.25, -0.2) is 19.9 Å². The van der Waals surface area contributed by atoms with E-state index < -0.39 is 23.6 Å². The van der Waals surface area contributed by atoms with Crippen molar-refractivity contribution >= 4 is 51.3 Å². The van der Waals surface area contributed by atoms with E-state index in [1.165, 1.54) is 29.2 Å². The van der Waals surface area contributed by atoms with Crippen molar-refractivity contribution in [3.63, 3.8) is 0 Å². The van der Waals surface area contributed by atoms with E-state index in [1.807, 2.05) is 6.07 Å². The van der Waals surface area contributed by atoms with Gasteiger partial charge >= 0.3 is 6.18 Å². The molecule has 1 aliphatic rings. The normalized spacial score (nSPS) is 13.3. The van der Waals surface area contributed by atoms with Gasteiger partial charge in [-0.1, -0.05) is 17.4 Å². The molecule has 16 heteroatoms. The Bertz CT molecular complexity index is 1990. The van der Waals surface area contributed by atoms with Gasteiger partial charge in [-0.15, -0.1) is 0 Å². The summed E-state index contributed by atoms with van der Waals surface area (Å²) in [5.74, 6) is 0.707. The molecule has 2 amide bonds. The lowest BCUT2D eigenvalue weighted by Gasteiger charge is -2.28. The van der Waals surface area contributed by atoms with Crippen LogP contribution in [-0.4, -0.2) is 62.6 Å². The average molecular weight is 678 g/mol. The highest BCUT2D eigenvalue weighted by Gasteiger charge is 2.32. The number of imidazole rings is 1. The number of hydrogen-bond acceptors (Lipinski definition) is 10. The molecule has 6 rings (SSSR count). The highest BCUT2D eigenvalue weighted by molar-refractivity contribution is 7.17. The second kappa shape index (κ2) is 13.4. The molecule has 0 bridgehead atoms. The number of halogens is 3. The van der Waals surface area contributed by atoms with Crippen molar-refractivity contribution in [1.82, 2.24) is 24.5 Å². The number of carbonyl (C=O) groups is 2. The topological polar surface area (TPSA) is 139 Å². The number of benzene rings is 2. The van der Waals surface area contributed by atoms with Crippen LogP contribution in [0.25, 0.3) is 5.69 Å². The van der Waals surface area contributed by atoms with Gasteiger partial charge in [0.1, 0.15) is 22.3 Å². The molecule has 0 atom stereocenters. The number of anilines is 5. The van der Waals surface area contributed by atoms with Crippen LogP contribution in [-0.2, 0) is 10.9 Å². The number of aromatic nitrogens is 5. The fourth-order valence-corrected chi connectivity index (χ4v) is 5.67. The second-order valence-electron chi connectivity index (χ2n) is 11.0. The van der Waals surface area contributed by atoms with E-state index in [-0.39, 0.29) is 16.9 Å². The number of nitrogens with one attached hydrogen (secondary N) is 3. The van der Waals surface area contributed by atoms with Gasteiger partial charge in [-0.3, -0.25) is 9.59 Å². The SMILES string of the molecule is Cc1cn(-c2cc(C(=O)Nc3ccc(C)c(NC(=O)c4cnc(Nc5cc(N6CCOCC6)nc(C)n5)s4)c3)cc(C(F)(F)F)c2)cn1. The minimum atomic E-state index is -4.67. The molecule has 0 aliphatic carbocycles. The zero-order chi connectivity index (χ0) is 34.0. The van der Waals surface area contributed by atoms with Gasteiger partial charge in [-0.05, 0) is 56.7 Å². The van der Waals surface area contributed by atoms with Gasteiger partial charge in [0, 0.05) is 48.0 Å². The molecule has 1 saturated heterocycles. The number of aryl methyl sites for hydroxylation is 3. The van der Waals surface area contributed by atoms with Gasteiger partial charge in [0.25, 0.3) is 11.8 Å². The first-order chi connectivity index (χ1) is 22.9. The van der Waals surface area contributed by atoms with Crippen LogP contribution in [0.4, 0.5) is 41.3 Å². The Morgan fingerprint density at radius 3 is 2.46 bits per heavy atom. The summed E-state index contributed by atoms with van der Waals surface area (Å²) >= 11 is 1.13. The van der Waals surface area contributed by atoms with E-state index in [4.69, 9.17) is 4.74 Å². The zero-order valence-corrected chi connectivity index (χ0v) is 26.9. The number of rotatable bonds is 8. The third-order valence-corrected chi connectivity index (χ3v) is 8.30. The predicted octanol–water partition coefficient (Wildman–Crippen LogP) is 6.15. The Morgan fingerprint density at radius 2 is 1.73 bits per heavy atom. The second-order valence-corrected chi connectivity index (χ2v) is 12.1. The molecular formula is C32H30F3N9O3S. The molecule has 0 radical (unpaired) electrons. The van der Waals surface area contributed by atoms with Crippen LogP contribution in [0.2, 0.25) is 0 Å².